The van der Waals surface area contributed by atoms with Crippen molar-refractivity contribution in [3.63, 3.8) is 0 Å². The molecule has 0 unspecified atom stereocenters. The number of hydrogen-bond donors (Lipinski definition) is 0. The number of ketones is 1. The zero-order chi connectivity index (χ0) is 6.69. The van der Waals surface area contributed by atoms with Crippen molar-refractivity contribution in [1.29, 1.82) is 0 Å². The third kappa shape index (κ3) is 2.37. The molecule has 1 aliphatic rings. The molecule has 0 bridgehead atoms. The second-order valence-corrected chi connectivity index (χ2v) is 3.13. The maximum absolute atomic E-state index is 10.3. The van der Waals surface area contributed by atoms with Crippen molar-refractivity contribution in [1.82, 2.24) is 4.90 Å². The van der Waals surface area contributed by atoms with Crippen molar-refractivity contribution < 1.29 is 4.79 Å². The highest BCUT2D eigenvalue weighted by Crippen LogP contribution is 2.11. The van der Waals surface area contributed by atoms with Crippen LogP contribution in [0.15, 0.2) is 0 Å². The summed E-state index contributed by atoms with van der Waals surface area (Å²) in [5, 5.41) is 0. The van der Waals surface area contributed by atoms with Gasteiger partial charge in [-0.2, -0.15) is 0 Å². The smallest absolute Gasteiger partial charge is 0.151 e. The number of hydrogen-bond acceptors (Lipinski definition) is 3. The lowest BCUT2D eigenvalue weighted by Gasteiger charge is -2.09. The average molecular weight is 143 g/mol. The molecule has 0 aromatic rings. The van der Waals surface area contributed by atoms with E-state index in [1.807, 2.05) is 16.7 Å². The Morgan fingerprint density at radius 2 is 2.56 bits per heavy atom. The summed E-state index contributed by atoms with van der Waals surface area (Å²) in [6, 6.07) is 0. The quantitative estimate of drug-likeness (QED) is 0.553. The van der Waals surface area contributed by atoms with Crippen LogP contribution < -0.4 is 0 Å². The molecule has 0 N–H and O–H groups in total. The molecule has 1 rings (SSSR count). The van der Waals surface area contributed by atoms with Crippen LogP contribution in [0, 0.1) is 6.92 Å². The Labute approximate surface area is 59.6 Å². The minimum atomic E-state index is -0.225. The Bertz CT molecular complexity index is 110. The number of carbonyl (C=O) groups is 1. The van der Waals surface area contributed by atoms with Crippen LogP contribution in [-0.2, 0) is 4.79 Å². The van der Waals surface area contributed by atoms with E-state index >= 15 is 0 Å². The molecule has 0 amide bonds. The molecule has 0 spiro atoms. The van der Waals surface area contributed by atoms with Crippen LogP contribution >= 0.6 is 11.8 Å². The average Bonchev–Trinajstić information content (AvgIpc) is 2.15. The van der Waals surface area contributed by atoms with Gasteiger partial charge in [-0.25, -0.2) is 0 Å². The third-order valence-corrected chi connectivity index (χ3v) is 2.22. The molecule has 1 heterocycles. The van der Waals surface area contributed by atoms with Crippen LogP contribution in [0.3, 0.4) is 0 Å². The Morgan fingerprint density at radius 3 is 3.00 bits per heavy atom. The van der Waals surface area contributed by atoms with Gasteiger partial charge in [0.25, 0.3) is 0 Å². The van der Waals surface area contributed by atoms with Gasteiger partial charge in [-0.3, -0.25) is 9.69 Å². The Kier molecular flexibility index (Phi) is 2.54. The molecule has 9 heavy (non-hydrogen) atoms. The van der Waals surface area contributed by atoms with Crippen LogP contribution in [0.25, 0.3) is 0 Å². The second-order valence-electron chi connectivity index (χ2n) is 2.06. The van der Waals surface area contributed by atoms with Gasteiger partial charge in [-0.05, 0) is 0 Å². The van der Waals surface area contributed by atoms with Gasteiger partial charge in [-0.15, -0.1) is 11.8 Å². The second kappa shape index (κ2) is 3.22. The van der Waals surface area contributed by atoms with E-state index in [-0.39, 0.29) is 5.78 Å². The number of rotatable bonds is 2. The van der Waals surface area contributed by atoms with Gasteiger partial charge < -0.3 is 0 Å². The third-order valence-electron chi connectivity index (χ3n) is 1.21. The van der Waals surface area contributed by atoms with Gasteiger partial charge in [0.1, 0.15) is 0 Å². The minimum absolute atomic E-state index is 0.225. The van der Waals surface area contributed by atoms with Crippen molar-refractivity contribution >= 4 is 17.5 Å². The van der Waals surface area contributed by atoms with E-state index in [0.29, 0.717) is 6.54 Å². The molecule has 2 nitrogen and oxygen atoms in total. The normalized spacial score (nSPS) is 20.6. The number of nitrogens with zero attached hydrogens (tertiary/aromatic N) is 1. The summed E-state index contributed by atoms with van der Waals surface area (Å²) >= 11 is 1.84. The van der Waals surface area contributed by atoms with Crippen molar-refractivity contribution in [2.45, 2.75) is 0 Å². The molecule has 0 saturated carbocycles. The highest BCUT2D eigenvalue weighted by atomic mass is 32.2. The summed E-state index contributed by atoms with van der Waals surface area (Å²) in [6.07, 6.45) is 0. The van der Waals surface area contributed by atoms with Gasteiger partial charge in [0.2, 0.25) is 0 Å². The van der Waals surface area contributed by atoms with E-state index < -0.39 is 0 Å². The standard InChI is InChI=1S/C6H9NOS/c1-6(8)4-7-2-3-9-5-7/h1H,2-5H2. The molecule has 0 aromatic heterocycles. The van der Waals surface area contributed by atoms with E-state index in [4.69, 9.17) is 6.92 Å². The summed E-state index contributed by atoms with van der Waals surface area (Å²) < 4.78 is 0. The van der Waals surface area contributed by atoms with Crippen LogP contribution in [0.4, 0.5) is 0 Å². The maximum Gasteiger partial charge on any atom is 0.151 e. The number of Topliss-reactive ketones (excluding diaryl/α,β-unsaturated/α-hetero) is 1. The summed E-state index contributed by atoms with van der Waals surface area (Å²) in [5.74, 6) is 1.87. The first-order valence-corrected chi connectivity index (χ1v) is 4.03. The molecule has 1 fully saturated rings. The lowest BCUT2D eigenvalue weighted by Crippen LogP contribution is -2.25. The van der Waals surface area contributed by atoms with E-state index in [1.165, 1.54) is 0 Å². The predicted molar refractivity (Wildman–Crippen MR) is 38.2 cm³/mol. The van der Waals surface area contributed by atoms with Gasteiger partial charge in [0.15, 0.2) is 5.78 Å². The zero-order valence-corrected chi connectivity index (χ0v) is 5.99. The molecular formula is C6H9NOS. The van der Waals surface area contributed by atoms with Gasteiger partial charge in [0.05, 0.1) is 6.54 Å². The topological polar surface area (TPSA) is 20.3 Å². The molecule has 50 valence electrons. The fraction of sp³-hybridized carbons (Fsp3) is 0.667. The first-order valence-electron chi connectivity index (χ1n) is 2.87. The highest BCUT2D eigenvalue weighted by Gasteiger charge is 2.12. The van der Waals surface area contributed by atoms with Gasteiger partial charge in [-0.1, -0.05) is 0 Å². The number of thioether (sulfide) groups is 1. The number of carbonyl (C=O) groups excluding carboxylic acids is 1. The summed E-state index contributed by atoms with van der Waals surface area (Å²) in [4.78, 5) is 12.4. The zero-order valence-electron chi connectivity index (χ0n) is 5.17. The molecule has 1 saturated heterocycles. The lowest BCUT2D eigenvalue weighted by molar-refractivity contribution is -0.115. The van der Waals surface area contributed by atoms with Crippen LogP contribution in [0.2, 0.25) is 0 Å². The molecular weight excluding hydrogens is 134 g/mol. The van der Waals surface area contributed by atoms with Crippen molar-refractivity contribution in [2.75, 3.05) is 24.7 Å². The van der Waals surface area contributed by atoms with E-state index in [0.717, 1.165) is 18.2 Å². The van der Waals surface area contributed by atoms with Crippen LogP contribution in [0.1, 0.15) is 0 Å². The fourth-order valence-electron chi connectivity index (χ4n) is 0.797. The highest BCUT2D eigenvalue weighted by molar-refractivity contribution is 7.99. The molecule has 1 aliphatic heterocycles. The van der Waals surface area contributed by atoms with E-state index in [2.05, 4.69) is 0 Å². The monoisotopic (exact) mass is 143 g/mol. The summed E-state index contributed by atoms with van der Waals surface area (Å²) in [5.41, 5.74) is 0. The minimum Gasteiger partial charge on any atom is -0.298 e. The molecule has 0 aromatic carbocycles. The maximum atomic E-state index is 10.3. The summed E-state index contributed by atoms with van der Waals surface area (Å²) in [7, 11) is 0. The van der Waals surface area contributed by atoms with Gasteiger partial charge in [0, 0.05) is 25.1 Å². The summed E-state index contributed by atoms with van der Waals surface area (Å²) in [6.45, 7) is 6.41. The van der Waals surface area contributed by atoms with Crippen molar-refractivity contribution in [3.8, 4) is 0 Å². The van der Waals surface area contributed by atoms with Crippen molar-refractivity contribution in [2.24, 2.45) is 0 Å². The molecule has 2 radical (unpaired) electrons. The van der Waals surface area contributed by atoms with Crippen LogP contribution in [-0.4, -0.2) is 35.4 Å². The Balaban J connectivity index is 2.19. The SMILES string of the molecule is [CH]C(=O)CN1CCSC1. The fourth-order valence-corrected chi connectivity index (χ4v) is 1.79. The molecule has 0 atom stereocenters. The Hall–Kier alpha value is -0.0200. The van der Waals surface area contributed by atoms with Crippen LogP contribution in [0.5, 0.6) is 0 Å². The lowest BCUT2D eigenvalue weighted by atomic mass is 10.4. The largest absolute Gasteiger partial charge is 0.298 e. The Morgan fingerprint density at radius 1 is 1.78 bits per heavy atom. The van der Waals surface area contributed by atoms with E-state index in [1.54, 1.807) is 0 Å². The van der Waals surface area contributed by atoms with Crippen molar-refractivity contribution in [3.05, 3.63) is 6.92 Å². The van der Waals surface area contributed by atoms with Gasteiger partial charge >= 0.3 is 0 Å². The predicted octanol–water partition coefficient (Wildman–Crippen LogP) is 0.273. The molecule has 0 aliphatic carbocycles. The van der Waals surface area contributed by atoms with E-state index in [9.17, 15) is 4.79 Å². The first-order chi connectivity index (χ1) is 4.29. The molecule has 3 heteroatoms. The first kappa shape index (κ1) is 7.09.